The Balaban J connectivity index is 2.05. The highest BCUT2D eigenvalue weighted by molar-refractivity contribution is 5.81. The van der Waals surface area contributed by atoms with Gasteiger partial charge in [0, 0.05) is 13.1 Å². The van der Waals surface area contributed by atoms with Crippen molar-refractivity contribution in [3.05, 3.63) is 29.8 Å². The SMILES string of the molecule is CCC1(C(=O)O)CCCN(C(=O)Cc2ccc(O)cc2)C1. The molecule has 1 unspecified atom stereocenters. The number of rotatable bonds is 4. The van der Waals surface area contributed by atoms with Crippen LogP contribution in [0.1, 0.15) is 31.7 Å². The van der Waals surface area contributed by atoms with Crippen molar-refractivity contribution in [3.8, 4) is 5.75 Å². The van der Waals surface area contributed by atoms with E-state index >= 15 is 0 Å². The number of phenolic OH excluding ortho intramolecular Hbond substituents is 1. The monoisotopic (exact) mass is 291 g/mol. The number of aromatic hydroxyl groups is 1. The van der Waals surface area contributed by atoms with Crippen molar-refractivity contribution in [1.29, 1.82) is 0 Å². The Kier molecular flexibility index (Phi) is 4.50. The van der Waals surface area contributed by atoms with Gasteiger partial charge in [0.05, 0.1) is 11.8 Å². The summed E-state index contributed by atoms with van der Waals surface area (Å²) in [5.41, 5.74) is 0.0175. The predicted octanol–water partition coefficient (Wildman–Crippen LogP) is 2.04. The highest BCUT2D eigenvalue weighted by Gasteiger charge is 2.41. The summed E-state index contributed by atoms with van der Waals surface area (Å²) in [6, 6.07) is 6.52. The van der Waals surface area contributed by atoms with Gasteiger partial charge >= 0.3 is 5.97 Å². The second-order valence-corrected chi connectivity index (χ2v) is 5.70. The number of hydrogen-bond donors (Lipinski definition) is 2. The molecule has 1 atom stereocenters. The lowest BCUT2D eigenvalue weighted by Gasteiger charge is -2.39. The highest BCUT2D eigenvalue weighted by atomic mass is 16.4. The maximum Gasteiger partial charge on any atom is 0.311 e. The molecular weight excluding hydrogens is 270 g/mol. The normalized spacial score (nSPS) is 22.0. The van der Waals surface area contributed by atoms with Gasteiger partial charge < -0.3 is 15.1 Å². The first-order valence-electron chi connectivity index (χ1n) is 7.26. The molecule has 21 heavy (non-hydrogen) atoms. The Morgan fingerprint density at radius 3 is 2.52 bits per heavy atom. The number of hydrogen-bond acceptors (Lipinski definition) is 3. The Morgan fingerprint density at radius 1 is 1.29 bits per heavy atom. The smallest absolute Gasteiger partial charge is 0.311 e. The molecule has 1 aromatic carbocycles. The third-order valence-electron chi connectivity index (χ3n) is 4.35. The molecule has 2 rings (SSSR count). The summed E-state index contributed by atoms with van der Waals surface area (Å²) in [4.78, 5) is 25.5. The van der Waals surface area contributed by atoms with Crippen LogP contribution in [0.15, 0.2) is 24.3 Å². The molecule has 0 radical (unpaired) electrons. The van der Waals surface area contributed by atoms with Gasteiger partial charge in [-0.3, -0.25) is 9.59 Å². The third kappa shape index (κ3) is 3.35. The number of benzene rings is 1. The summed E-state index contributed by atoms with van der Waals surface area (Å²) in [7, 11) is 0. The fourth-order valence-corrected chi connectivity index (χ4v) is 2.86. The van der Waals surface area contributed by atoms with Crippen LogP contribution >= 0.6 is 0 Å². The second kappa shape index (κ2) is 6.16. The van der Waals surface area contributed by atoms with Crippen molar-refractivity contribution in [3.63, 3.8) is 0 Å². The van der Waals surface area contributed by atoms with E-state index in [9.17, 15) is 19.8 Å². The van der Waals surface area contributed by atoms with Crippen LogP contribution in [-0.4, -0.2) is 40.1 Å². The molecule has 0 aromatic heterocycles. The van der Waals surface area contributed by atoms with Gasteiger partial charge in [0.2, 0.25) is 5.91 Å². The van der Waals surface area contributed by atoms with Crippen LogP contribution in [-0.2, 0) is 16.0 Å². The molecule has 1 aromatic rings. The number of likely N-dealkylation sites (tertiary alicyclic amines) is 1. The van der Waals surface area contributed by atoms with Gasteiger partial charge in [-0.25, -0.2) is 0 Å². The molecule has 1 heterocycles. The molecular formula is C16H21NO4. The van der Waals surface area contributed by atoms with E-state index in [1.807, 2.05) is 6.92 Å². The number of piperidine rings is 1. The third-order valence-corrected chi connectivity index (χ3v) is 4.35. The minimum atomic E-state index is -0.813. The van der Waals surface area contributed by atoms with Crippen LogP contribution in [0, 0.1) is 5.41 Å². The number of carbonyl (C=O) groups excluding carboxylic acids is 1. The molecule has 1 aliphatic heterocycles. The van der Waals surface area contributed by atoms with Crippen molar-refractivity contribution in [2.24, 2.45) is 5.41 Å². The summed E-state index contributed by atoms with van der Waals surface area (Å²) >= 11 is 0. The number of carbonyl (C=O) groups is 2. The van der Waals surface area contributed by atoms with Crippen molar-refractivity contribution in [2.45, 2.75) is 32.6 Å². The first-order valence-corrected chi connectivity index (χ1v) is 7.26. The quantitative estimate of drug-likeness (QED) is 0.890. The molecule has 0 spiro atoms. The number of carboxylic acid groups (broad SMARTS) is 1. The Hall–Kier alpha value is -2.04. The largest absolute Gasteiger partial charge is 0.508 e. The maximum absolute atomic E-state index is 12.3. The molecule has 1 amide bonds. The molecule has 5 nitrogen and oxygen atoms in total. The van der Waals surface area contributed by atoms with E-state index in [4.69, 9.17) is 0 Å². The maximum atomic E-state index is 12.3. The van der Waals surface area contributed by atoms with E-state index in [1.165, 1.54) is 0 Å². The minimum Gasteiger partial charge on any atom is -0.508 e. The van der Waals surface area contributed by atoms with Gasteiger partial charge in [0.1, 0.15) is 5.75 Å². The first-order chi connectivity index (χ1) is 9.97. The Bertz CT molecular complexity index is 526. The van der Waals surface area contributed by atoms with Crippen LogP contribution in [0.3, 0.4) is 0 Å². The minimum absolute atomic E-state index is 0.0561. The molecule has 0 bridgehead atoms. The standard InChI is InChI=1S/C16H21NO4/c1-2-16(15(20)21)8-3-9-17(11-16)14(19)10-12-4-6-13(18)7-5-12/h4-7,18H,2-3,8-11H2,1H3,(H,20,21). The van der Waals surface area contributed by atoms with Gasteiger partial charge in [-0.2, -0.15) is 0 Å². The number of aliphatic carboxylic acids is 1. The van der Waals surface area contributed by atoms with E-state index in [-0.39, 0.29) is 24.6 Å². The van der Waals surface area contributed by atoms with Gasteiger partial charge in [0.25, 0.3) is 0 Å². The lowest BCUT2D eigenvalue weighted by molar-refractivity contribution is -0.155. The average molecular weight is 291 g/mol. The predicted molar refractivity (Wildman–Crippen MR) is 78.0 cm³/mol. The summed E-state index contributed by atoms with van der Waals surface area (Å²) in [5.74, 6) is -0.702. The van der Waals surface area contributed by atoms with Gasteiger partial charge in [0.15, 0.2) is 0 Å². The summed E-state index contributed by atoms with van der Waals surface area (Å²) in [6.45, 7) is 2.77. The summed E-state index contributed by atoms with van der Waals surface area (Å²) in [6.07, 6.45) is 2.12. The molecule has 1 aliphatic rings. The Morgan fingerprint density at radius 2 is 1.95 bits per heavy atom. The topological polar surface area (TPSA) is 77.8 Å². The van der Waals surface area contributed by atoms with Gasteiger partial charge in [-0.15, -0.1) is 0 Å². The lowest BCUT2D eigenvalue weighted by Crippen LogP contribution is -2.50. The molecule has 1 saturated heterocycles. The van der Waals surface area contributed by atoms with Crippen LogP contribution < -0.4 is 0 Å². The van der Waals surface area contributed by atoms with Crippen molar-refractivity contribution < 1.29 is 19.8 Å². The van der Waals surface area contributed by atoms with Gasteiger partial charge in [-0.05, 0) is 37.0 Å². The summed E-state index contributed by atoms with van der Waals surface area (Å²) < 4.78 is 0. The number of nitrogens with zero attached hydrogens (tertiary/aromatic N) is 1. The second-order valence-electron chi connectivity index (χ2n) is 5.70. The van der Waals surface area contributed by atoms with Crippen LogP contribution in [0.2, 0.25) is 0 Å². The zero-order valence-corrected chi connectivity index (χ0v) is 12.2. The zero-order chi connectivity index (χ0) is 15.5. The zero-order valence-electron chi connectivity index (χ0n) is 12.2. The fourth-order valence-electron chi connectivity index (χ4n) is 2.86. The number of phenols is 1. The lowest BCUT2D eigenvalue weighted by atomic mass is 9.77. The number of amides is 1. The van der Waals surface area contributed by atoms with E-state index in [2.05, 4.69) is 0 Å². The molecule has 2 N–H and O–H groups in total. The summed E-state index contributed by atoms with van der Waals surface area (Å²) in [5, 5.41) is 18.7. The highest BCUT2D eigenvalue weighted by Crippen LogP contribution is 2.33. The first kappa shape index (κ1) is 15.4. The Labute approximate surface area is 124 Å². The molecule has 114 valence electrons. The fraction of sp³-hybridized carbons (Fsp3) is 0.500. The van der Waals surface area contributed by atoms with Crippen LogP contribution in [0.25, 0.3) is 0 Å². The van der Waals surface area contributed by atoms with Crippen LogP contribution in [0.5, 0.6) is 5.75 Å². The van der Waals surface area contributed by atoms with E-state index in [0.717, 1.165) is 12.0 Å². The number of carboxylic acids is 1. The van der Waals surface area contributed by atoms with E-state index in [1.54, 1.807) is 29.2 Å². The molecule has 5 heteroatoms. The van der Waals surface area contributed by atoms with Crippen molar-refractivity contribution >= 4 is 11.9 Å². The molecule has 1 fully saturated rings. The van der Waals surface area contributed by atoms with Gasteiger partial charge in [-0.1, -0.05) is 19.1 Å². The molecule has 0 aliphatic carbocycles. The van der Waals surface area contributed by atoms with Crippen LogP contribution in [0.4, 0.5) is 0 Å². The van der Waals surface area contributed by atoms with E-state index < -0.39 is 11.4 Å². The van der Waals surface area contributed by atoms with Crippen molar-refractivity contribution in [2.75, 3.05) is 13.1 Å². The molecule has 0 saturated carbocycles. The average Bonchev–Trinajstić information content (AvgIpc) is 2.49. The van der Waals surface area contributed by atoms with Crippen molar-refractivity contribution in [1.82, 2.24) is 4.90 Å². The van der Waals surface area contributed by atoms with E-state index in [0.29, 0.717) is 19.4 Å².